The zero-order valence-electron chi connectivity index (χ0n) is 12.1. The van der Waals surface area contributed by atoms with Crippen molar-refractivity contribution < 1.29 is 4.79 Å². The van der Waals surface area contributed by atoms with Gasteiger partial charge in [-0.05, 0) is 6.42 Å². The molecule has 0 aliphatic rings. The third kappa shape index (κ3) is 2.92. The van der Waals surface area contributed by atoms with Gasteiger partial charge in [-0.25, -0.2) is 4.98 Å². The predicted octanol–water partition coefficient (Wildman–Crippen LogP) is 3.41. The Hall–Kier alpha value is -2.47. The number of hydrogen-bond donors (Lipinski definition) is 2. The number of carbonyl (C=O) groups is 1. The van der Waals surface area contributed by atoms with Crippen LogP contribution in [0, 0.1) is 0 Å². The largest absolute Gasteiger partial charge is 0.343 e. The lowest BCUT2D eigenvalue weighted by atomic mass is 10.1. The Morgan fingerprint density at radius 1 is 1.36 bits per heavy atom. The SMILES string of the molecule is CCC(NC(=O)c1cn[nH]c1-c1ccccc1)c1nccs1. The van der Waals surface area contributed by atoms with Gasteiger partial charge < -0.3 is 5.32 Å². The third-order valence-corrected chi connectivity index (χ3v) is 4.30. The number of nitrogens with zero attached hydrogens (tertiary/aromatic N) is 2. The van der Waals surface area contributed by atoms with Crippen molar-refractivity contribution in [3.63, 3.8) is 0 Å². The van der Waals surface area contributed by atoms with Gasteiger partial charge in [0.15, 0.2) is 0 Å². The van der Waals surface area contributed by atoms with Crippen molar-refractivity contribution in [2.45, 2.75) is 19.4 Å². The molecule has 1 aromatic carbocycles. The van der Waals surface area contributed by atoms with E-state index < -0.39 is 0 Å². The Morgan fingerprint density at radius 2 is 2.18 bits per heavy atom. The van der Waals surface area contributed by atoms with Crippen LogP contribution in [-0.4, -0.2) is 21.1 Å². The Bertz CT molecular complexity index is 737. The molecular formula is C16H16N4OS. The Morgan fingerprint density at radius 3 is 2.86 bits per heavy atom. The smallest absolute Gasteiger partial charge is 0.255 e. The standard InChI is InChI=1S/C16H16N4OS/c1-2-13(16-17-8-9-22-16)19-15(21)12-10-18-20-14(12)11-6-4-3-5-7-11/h3-10,13H,2H2,1H3,(H,18,20)(H,19,21). The fourth-order valence-corrected chi connectivity index (χ4v) is 3.04. The summed E-state index contributed by atoms with van der Waals surface area (Å²) in [6.45, 7) is 2.03. The second-order valence-corrected chi connectivity index (χ2v) is 5.76. The van der Waals surface area contributed by atoms with E-state index >= 15 is 0 Å². The van der Waals surface area contributed by atoms with Crippen molar-refractivity contribution >= 4 is 17.2 Å². The normalized spacial score (nSPS) is 12.0. The number of carbonyl (C=O) groups excluding carboxylic acids is 1. The number of amides is 1. The van der Waals surface area contributed by atoms with Crippen molar-refractivity contribution in [3.8, 4) is 11.3 Å². The lowest BCUT2D eigenvalue weighted by molar-refractivity contribution is 0.0936. The van der Waals surface area contributed by atoms with Crippen molar-refractivity contribution in [1.29, 1.82) is 0 Å². The molecule has 112 valence electrons. The molecule has 1 atom stereocenters. The highest BCUT2D eigenvalue weighted by Gasteiger charge is 2.20. The summed E-state index contributed by atoms with van der Waals surface area (Å²) in [5, 5.41) is 12.8. The zero-order chi connectivity index (χ0) is 15.4. The lowest BCUT2D eigenvalue weighted by Crippen LogP contribution is -2.28. The number of benzene rings is 1. The molecule has 5 nitrogen and oxygen atoms in total. The molecule has 0 aliphatic carbocycles. The number of nitrogens with one attached hydrogen (secondary N) is 2. The summed E-state index contributed by atoms with van der Waals surface area (Å²) in [6.07, 6.45) is 4.10. The molecule has 22 heavy (non-hydrogen) atoms. The second kappa shape index (κ2) is 6.53. The van der Waals surface area contributed by atoms with Crippen LogP contribution in [0.5, 0.6) is 0 Å². The molecule has 3 aromatic rings. The van der Waals surface area contributed by atoms with Gasteiger partial charge in [-0.1, -0.05) is 37.3 Å². The van der Waals surface area contributed by atoms with Crippen LogP contribution >= 0.6 is 11.3 Å². The highest BCUT2D eigenvalue weighted by Crippen LogP contribution is 2.23. The first-order valence-corrected chi connectivity index (χ1v) is 7.96. The number of thiazole rings is 1. The molecule has 2 heterocycles. The van der Waals surface area contributed by atoms with Gasteiger partial charge >= 0.3 is 0 Å². The van der Waals surface area contributed by atoms with Crippen LogP contribution in [0.1, 0.15) is 34.8 Å². The van der Waals surface area contributed by atoms with Crippen LogP contribution in [0.25, 0.3) is 11.3 Å². The van der Waals surface area contributed by atoms with E-state index in [1.807, 2.05) is 42.6 Å². The fourth-order valence-electron chi connectivity index (χ4n) is 2.26. The minimum Gasteiger partial charge on any atom is -0.343 e. The summed E-state index contributed by atoms with van der Waals surface area (Å²) in [5.41, 5.74) is 2.21. The molecule has 0 spiro atoms. The highest BCUT2D eigenvalue weighted by molar-refractivity contribution is 7.09. The van der Waals surface area contributed by atoms with E-state index in [9.17, 15) is 4.79 Å². The monoisotopic (exact) mass is 312 g/mol. The first-order valence-electron chi connectivity index (χ1n) is 7.08. The zero-order valence-corrected chi connectivity index (χ0v) is 12.9. The topological polar surface area (TPSA) is 70.7 Å². The molecule has 2 aromatic heterocycles. The number of hydrogen-bond acceptors (Lipinski definition) is 4. The fraction of sp³-hybridized carbons (Fsp3) is 0.188. The molecule has 1 amide bonds. The van der Waals surface area contributed by atoms with E-state index in [2.05, 4.69) is 20.5 Å². The van der Waals surface area contributed by atoms with Gasteiger partial charge in [-0.15, -0.1) is 11.3 Å². The van der Waals surface area contributed by atoms with Gasteiger partial charge in [0, 0.05) is 17.1 Å². The second-order valence-electron chi connectivity index (χ2n) is 4.83. The van der Waals surface area contributed by atoms with Crippen LogP contribution < -0.4 is 5.32 Å². The average Bonchev–Trinajstić information content (AvgIpc) is 3.24. The summed E-state index contributed by atoms with van der Waals surface area (Å²) < 4.78 is 0. The Balaban J connectivity index is 1.83. The molecule has 0 fully saturated rings. The van der Waals surface area contributed by atoms with Gasteiger partial charge in [0.2, 0.25) is 0 Å². The van der Waals surface area contributed by atoms with E-state index in [1.165, 1.54) is 0 Å². The van der Waals surface area contributed by atoms with Crippen molar-refractivity contribution in [3.05, 3.63) is 58.7 Å². The molecule has 0 saturated heterocycles. The Labute approximate surface area is 132 Å². The summed E-state index contributed by atoms with van der Waals surface area (Å²) in [6, 6.07) is 9.62. The van der Waals surface area contributed by atoms with Crippen LogP contribution in [-0.2, 0) is 0 Å². The van der Waals surface area contributed by atoms with Crippen LogP contribution in [0.4, 0.5) is 0 Å². The maximum absolute atomic E-state index is 12.6. The summed E-state index contributed by atoms with van der Waals surface area (Å²) >= 11 is 1.55. The first kappa shape index (κ1) is 14.5. The molecule has 3 rings (SSSR count). The van der Waals surface area contributed by atoms with Gasteiger partial charge in [0.05, 0.1) is 23.5 Å². The van der Waals surface area contributed by atoms with E-state index in [4.69, 9.17) is 0 Å². The van der Waals surface area contributed by atoms with E-state index in [0.29, 0.717) is 5.56 Å². The minimum absolute atomic E-state index is 0.0778. The Kier molecular flexibility index (Phi) is 4.29. The molecule has 1 unspecified atom stereocenters. The maximum Gasteiger partial charge on any atom is 0.255 e. The van der Waals surface area contributed by atoms with Crippen molar-refractivity contribution in [2.24, 2.45) is 0 Å². The number of rotatable bonds is 5. The van der Waals surface area contributed by atoms with Crippen molar-refractivity contribution in [1.82, 2.24) is 20.5 Å². The first-order chi connectivity index (χ1) is 10.8. The summed E-state index contributed by atoms with van der Waals surface area (Å²) in [4.78, 5) is 16.9. The third-order valence-electron chi connectivity index (χ3n) is 3.41. The molecular weight excluding hydrogens is 296 g/mol. The minimum atomic E-state index is -0.144. The van der Waals surface area contributed by atoms with Crippen LogP contribution in [0.2, 0.25) is 0 Å². The number of aromatic amines is 1. The highest BCUT2D eigenvalue weighted by atomic mass is 32.1. The molecule has 0 radical (unpaired) electrons. The summed E-state index contributed by atoms with van der Waals surface area (Å²) in [7, 11) is 0. The van der Waals surface area contributed by atoms with E-state index in [0.717, 1.165) is 22.7 Å². The quantitative estimate of drug-likeness (QED) is 0.758. The van der Waals surface area contributed by atoms with Gasteiger partial charge in [0.1, 0.15) is 5.01 Å². The van der Waals surface area contributed by atoms with Gasteiger partial charge in [-0.2, -0.15) is 5.10 Å². The van der Waals surface area contributed by atoms with Gasteiger partial charge in [-0.3, -0.25) is 9.89 Å². The van der Waals surface area contributed by atoms with Crippen molar-refractivity contribution in [2.75, 3.05) is 0 Å². The lowest BCUT2D eigenvalue weighted by Gasteiger charge is -2.14. The average molecular weight is 312 g/mol. The van der Waals surface area contributed by atoms with E-state index in [-0.39, 0.29) is 11.9 Å². The molecule has 0 aliphatic heterocycles. The van der Waals surface area contributed by atoms with Crippen LogP contribution in [0.15, 0.2) is 48.1 Å². The van der Waals surface area contributed by atoms with Crippen LogP contribution in [0.3, 0.4) is 0 Å². The van der Waals surface area contributed by atoms with Gasteiger partial charge in [0.25, 0.3) is 5.91 Å². The number of H-pyrrole nitrogens is 1. The maximum atomic E-state index is 12.6. The summed E-state index contributed by atoms with van der Waals surface area (Å²) in [5.74, 6) is -0.144. The van der Waals surface area contributed by atoms with E-state index in [1.54, 1.807) is 23.7 Å². The molecule has 0 bridgehead atoms. The molecule has 2 N–H and O–H groups in total. The predicted molar refractivity (Wildman–Crippen MR) is 86.6 cm³/mol. The number of aromatic nitrogens is 3. The molecule has 0 saturated carbocycles. The molecule has 6 heteroatoms.